The van der Waals surface area contributed by atoms with Gasteiger partial charge in [0.1, 0.15) is 18.1 Å². The highest BCUT2D eigenvalue weighted by Gasteiger charge is 2.11. The summed E-state index contributed by atoms with van der Waals surface area (Å²) in [5.74, 6) is 0.393. The van der Waals surface area contributed by atoms with Gasteiger partial charge in [-0.05, 0) is 54.8 Å². The zero-order valence-electron chi connectivity index (χ0n) is 13.3. The van der Waals surface area contributed by atoms with E-state index in [1.54, 1.807) is 23.5 Å². The molecule has 0 aliphatic carbocycles. The number of ether oxygens (including phenoxy) is 2. The van der Waals surface area contributed by atoms with Gasteiger partial charge in [0, 0.05) is 10.4 Å². The van der Waals surface area contributed by atoms with Crippen LogP contribution in [0.3, 0.4) is 0 Å². The second kappa shape index (κ2) is 7.75. The molecule has 2 heterocycles. The Morgan fingerprint density at radius 3 is 2.62 bits per heavy atom. The van der Waals surface area contributed by atoms with Gasteiger partial charge < -0.3 is 9.47 Å². The molecule has 1 aromatic carbocycles. The van der Waals surface area contributed by atoms with Crippen LogP contribution in [0, 0.1) is 0 Å². The topological polar surface area (TPSA) is 48.4 Å². The smallest absolute Gasteiger partial charge is 0.357 e. The van der Waals surface area contributed by atoms with E-state index in [9.17, 15) is 4.79 Å². The van der Waals surface area contributed by atoms with Gasteiger partial charge in [0.25, 0.3) is 0 Å². The lowest BCUT2D eigenvalue weighted by molar-refractivity contribution is 0.0470. The van der Waals surface area contributed by atoms with E-state index < -0.39 is 5.97 Å². The first-order valence-electron chi connectivity index (χ1n) is 7.66. The fourth-order valence-electron chi connectivity index (χ4n) is 2.20. The largest absolute Gasteiger partial charge is 0.494 e. The van der Waals surface area contributed by atoms with Gasteiger partial charge in [-0.3, -0.25) is 0 Å². The van der Waals surface area contributed by atoms with Crippen molar-refractivity contribution in [2.24, 2.45) is 0 Å². The van der Waals surface area contributed by atoms with Crippen LogP contribution in [0.15, 0.2) is 60.0 Å². The second-order valence-corrected chi connectivity index (χ2v) is 6.05. The summed E-state index contributed by atoms with van der Waals surface area (Å²) in [7, 11) is 0. The number of carbonyl (C=O) groups excluding carboxylic acids is 1. The number of aromatic nitrogens is 1. The van der Waals surface area contributed by atoms with Crippen LogP contribution in [-0.2, 0) is 11.3 Å². The Morgan fingerprint density at radius 2 is 1.92 bits per heavy atom. The van der Waals surface area contributed by atoms with E-state index in [-0.39, 0.29) is 6.61 Å². The molecule has 3 aromatic rings. The molecule has 0 amide bonds. The van der Waals surface area contributed by atoms with Crippen molar-refractivity contribution in [2.75, 3.05) is 6.61 Å². The molecule has 5 heteroatoms. The molecular weight excluding hydrogens is 322 g/mol. The van der Waals surface area contributed by atoms with Gasteiger partial charge >= 0.3 is 5.97 Å². The molecule has 0 aliphatic heterocycles. The van der Waals surface area contributed by atoms with Crippen molar-refractivity contribution < 1.29 is 14.3 Å². The van der Waals surface area contributed by atoms with E-state index in [2.05, 4.69) is 4.98 Å². The molecule has 122 valence electrons. The molecule has 24 heavy (non-hydrogen) atoms. The lowest BCUT2D eigenvalue weighted by Gasteiger charge is -2.07. The molecule has 0 aliphatic rings. The van der Waals surface area contributed by atoms with E-state index in [1.807, 2.05) is 54.8 Å². The summed E-state index contributed by atoms with van der Waals surface area (Å²) >= 11 is 1.56. The maximum Gasteiger partial charge on any atom is 0.357 e. The Hall–Kier alpha value is -2.66. The molecule has 0 N–H and O–H groups in total. The number of esters is 1. The number of rotatable bonds is 6. The summed E-state index contributed by atoms with van der Waals surface area (Å²) in [6.45, 7) is 2.84. The predicted molar refractivity (Wildman–Crippen MR) is 94.3 cm³/mol. The standard InChI is InChI=1S/C19H17NO3S/c1-2-22-15-10-8-14(9-11-15)17-6-3-7-18(20-17)19(21)23-13-16-5-4-12-24-16/h3-12H,2,13H2,1H3. The van der Waals surface area contributed by atoms with Crippen molar-refractivity contribution in [3.8, 4) is 17.0 Å². The van der Waals surface area contributed by atoms with E-state index in [0.29, 0.717) is 12.3 Å². The SMILES string of the molecule is CCOc1ccc(-c2cccc(C(=O)OCc3cccs3)n2)cc1. The summed E-state index contributed by atoms with van der Waals surface area (Å²) < 4.78 is 10.7. The summed E-state index contributed by atoms with van der Waals surface area (Å²) in [6, 6.07) is 16.8. The quantitative estimate of drug-likeness (QED) is 0.618. The minimum absolute atomic E-state index is 0.269. The summed E-state index contributed by atoms with van der Waals surface area (Å²) in [5, 5.41) is 1.95. The maximum absolute atomic E-state index is 12.2. The van der Waals surface area contributed by atoms with E-state index in [0.717, 1.165) is 21.9 Å². The summed E-state index contributed by atoms with van der Waals surface area (Å²) in [6.07, 6.45) is 0. The predicted octanol–water partition coefficient (Wildman–Crippen LogP) is 4.57. The molecule has 0 spiro atoms. The lowest BCUT2D eigenvalue weighted by Crippen LogP contribution is -2.07. The number of carbonyl (C=O) groups is 1. The highest BCUT2D eigenvalue weighted by molar-refractivity contribution is 7.09. The Bertz CT molecular complexity index is 798. The number of thiophene rings is 1. The molecule has 0 saturated heterocycles. The molecule has 0 unspecified atom stereocenters. The van der Waals surface area contributed by atoms with E-state index in [4.69, 9.17) is 9.47 Å². The fraction of sp³-hybridized carbons (Fsp3) is 0.158. The molecule has 0 saturated carbocycles. The van der Waals surface area contributed by atoms with Crippen molar-refractivity contribution in [3.05, 3.63) is 70.5 Å². The molecule has 4 nitrogen and oxygen atoms in total. The first-order valence-corrected chi connectivity index (χ1v) is 8.54. The molecule has 2 aromatic heterocycles. The Labute approximate surface area is 144 Å². The average Bonchev–Trinajstić information content (AvgIpc) is 3.14. The molecule has 0 bridgehead atoms. The third-order valence-electron chi connectivity index (χ3n) is 3.34. The van der Waals surface area contributed by atoms with Crippen LogP contribution in [-0.4, -0.2) is 17.6 Å². The third-order valence-corrected chi connectivity index (χ3v) is 4.19. The highest BCUT2D eigenvalue weighted by atomic mass is 32.1. The number of nitrogens with zero attached hydrogens (tertiary/aromatic N) is 1. The van der Waals surface area contributed by atoms with Gasteiger partial charge in [-0.15, -0.1) is 11.3 Å². The first kappa shape index (κ1) is 16.2. The van der Waals surface area contributed by atoms with Gasteiger partial charge in [0.15, 0.2) is 0 Å². The summed E-state index contributed by atoms with van der Waals surface area (Å²) in [5.41, 5.74) is 1.95. The Balaban J connectivity index is 1.72. The highest BCUT2D eigenvalue weighted by Crippen LogP contribution is 2.21. The van der Waals surface area contributed by atoms with E-state index in [1.165, 1.54) is 0 Å². The van der Waals surface area contributed by atoms with Gasteiger partial charge in [-0.1, -0.05) is 12.1 Å². The molecule has 0 radical (unpaired) electrons. The number of hydrogen-bond acceptors (Lipinski definition) is 5. The number of benzene rings is 1. The van der Waals surface area contributed by atoms with Crippen molar-refractivity contribution in [2.45, 2.75) is 13.5 Å². The van der Waals surface area contributed by atoms with E-state index >= 15 is 0 Å². The average molecular weight is 339 g/mol. The van der Waals surface area contributed by atoms with Gasteiger partial charge in [0.2, 0.25) is 0 Å². The number of pyridine rings is 1. The van der Waals surface area contributed by atoms with Crippen molar-refractivity contribution in [1.82, 2.24) is 4.98 Å². The van der Waals surface area contributed by atoms with Gasteiger partial charge in [0.05, 0.1) is 12.3 Å². The Morgan fingerprint density at radius 1 is 1.08 bits per heavy atom. The Kier molecular flexibility index (Phi) is 5.23. The minimum Gasteiger partial charge on any atom is -0.494 e. The fourth-order valence-corrected chi connectivity index (χ4v) is 2.82. The molecule has 0 fully saturated rings. The summed E-state index contributed by atoms with van der Waals surface area (Å²) in [4.78, 5) is 17.6. The maximum atomic E-state index is 12.2. The zero-order valence-corrected chi connectivity index (χ0v) is 14.1. The third kappa shape index (κ3) is 4.00. The van der Waals surface area contributed by atoms with Crippen LogP contribution in [0.4, 0.5) is 0 Å². The van der Waals surface area contributed by atoms with Crippen LogP contribution < -0.4 is 4.74 Å². The first-order chi connectivity index (χ1) is 11.8. The van der Waals surface area contributed by atoms with Gasteiger partial charge in [-0.25, -0.2) is 9.78 Å². The minimum atomic E-state index is -0.420. The van der Waals surface area contributed by atoms with Crippen LogP contribution in [0.5, 0.6) is 5.75 Å². The van der Waals surface area contributed by atoms with Crippen LogP contribution in [0.1, 0.15) is 22.3 Å². The lowest BCUT2D eigenvalue weighted by atomic mass is 10.1. The normalized spacial score (nSPS) is 10.4. The van der Waals surface area contributed by atoms with Crippen molar-refractivity contribution in [3.63, 3.8) is 0 Å². The second-order valence-electron chi connectivity index (χ2n) is 5.02. The van der Waals surface area contributed by atoms with Crippen molar-refractivity contribution >= 4 is 17.3 Å². The zero-order chi connectivity index (χ0) is 16.8. The molecule has 0 atom stereocenters. The van der Waals surface area contributed by atoms with Crippen molar-refractivity contribution in [1.29, 1.82) is 0 Å². The van der Waals surface area contributed by atoms with Crippen LogP contribution in [0.2, 0.25) is 0 Å². The number of hydrogen-bond donors (Lipinski definition) is 0. The van der Waals surface area contributed by atoms with Gasteiger partial charge in [-0.2, -0.15) is 0 Å². The molecule has 3 rings (SSSR count). The van der Waals surface area contributed by atoms with Crippen LogP contribution >= 0.6 is 11.3 Å². The van der Waals surface area contributed by atoms with Crippen LogP contribution in [0.25, 0.3) is 11.3 Å². The monoisotopic (exact) mass is 339 g/mol. The molecular formula is C19H17NO3S.